The number of aromatic nitrogens is 2. The molecule has 25 heavy (non-hydrogen) atoms. The Hall–Kier alpha value is -1.80. The standard InChI is InChI=1S/C17H19N3O3S2/c21-12-3-1-2-10(8-12)15-14-16(18-13(22)9-25-15)20(19-17(14)23)11-4-6-24-7-5-11/h1-3,8,11,15,21H,4-7,9H2,(H,18,22)(H,19,23)/t15-/m0/s1. The molecule has 132 valence electrons. The fourth-order valence-corrected chi connectivity index (χ4v) is 5.61. The van der Waals surface area contributed by atoms with Crippen molar-refractivity contribution in [2.24, 2.45) is 0 Å². The van der Waals surface area contributed by atoms with Gasteiger partial charge in [0.1, 0.15) is 11.6 Å². The van der Waals surface area contributed by atoms with E-state index in [-0.39, 0.29) is 34.3 Å². The number of phenolic OH excluding ortho intramolecular Hbond substituents is 1. The third-order valence-electron chi connectivity index (χ3n) is 4.59. The zero-order valence-corrected chi connectivity index (χ0v) is 15.2. The number of rotatable bonds is 2. The SMILES string of the molecule is O=C1CS[C@@H](c2cccc(O)c2)c2c(n(C3CCSCC3)[nH]c2=O)N1. The Morgan fingerprint density at radius 1 is 1.20 bits per heavy atom. The lowest BCUT2D eigenvalue weighted by atomic mass is 10.1. The number of thioether (sulfide) groups is 2. The van der Waals surface area contributed by atoms with E-state index < -0.39 is 0 Å². The molecule has 4 rings (SSSR count). The molecule has 2 aromatic rings. The van der Waals surface area contributed by atoms with Crippen LogP contribution in [0.4, 0.5) is 5.82 Å². The molecule has 3 N–H and O–H groups in total. The summed E-state index contributed by atoms with van der Waals surface area (Å²) in [5.41, 5.74) is 1.22. The third-order valence-corrected chi connectivity index (χ3v) is 6.91. The predicted molar refractivity (Wildman–Crippen MR) is 102 cm³/mol. The Bertz CT molecular complexity index is 855. The minimum atomic E-state index is -0.288. The summed E-state index contributed by atoms with van der Waals surface area (Å²) in [6.45, 7) is 0. The van der Waals surface area contributed by atoms with Crippen LogP contribution in [0, 0.1) is 0 Å². The Labute approximate surface area is 153 Å². The van der Waals surface area contributed by atoms with Crippen molar-refractivity contribution in [3.05, 3.63) is 45.7 Å². The fourth-order valence-electron chi connectivity index (χ4n) is 3.41. The lowest BCUT2D eigenvalue weighted by Gasteiger charge is -2.24. The number of nitrogens with one attached hydrogen (secondary N) is 2. The van der Waals surface area contributed by atoms with Gasteiger partial charge in [-0.2, -0.15) is 11.8 Å². The molecule has 1 aromatic carbocycles. The third kappa shape index (κ3) is 3.20. The minimum Gasteiger partial charge on any atom is -0.508 e. The molecule has 2 aliphatic rings. The van der Waals surface area contributed by atoms with Gasteiger partial charge in [-0.05, 0) is 42.0 Å². The van der Waals surface area contributed by atoms with Crippen LogP contribution in [-0.2, 0) is 4.79 Å². The van der Waals surface area contributed by atoms with Crippen LogP contribution in [0.1, 0.15) is 35.3 Å². The first-order valence-electron chi connectivity index (χ1n) is 8.26. The van der Waals surface area contributed by atoms with Crippen LogP contribution < -0.4 is 10.9 Å². The van der Waals surface area contributed by atoms with Gasteiger partial charge in [0.15, 0.2) is 0 Å². The number of aromatic amines is 1. The first kappa shape index (κ1) is 16.7. The quantitative estimate of drug-likeness (QED) is 0.749. The molecule has 6 nitrogen and oxygen atoms in total. The van der Waals surface area contributed by atoms with Crippen LogP contribution in [0.25, 0.3) is 0 Å². The van der Waals surface area contributed by atoms with Crippen LogP contribution in [0.15, 0.2) is 29.1 Å². The first-order chi connectivity index (χ1) is 12.1. The summed E-state index contributed by atoms with van der Waals surface area (Å²) in [6.07, 6.45) is 1.95. The van der Waals surface area contributed by atoms with Gasteiger partial charge in [-0.3, -0.25) is 19.4 Å². The average molecular weight is 377 g/mol. The van der Waals surface area contributed by atoms with Gasteiger partial charge >= 0.3 is 0 Å². The molecular weight excluding hydrogens is 358 g/mol. The van der Waals surface area contributed by atoms with Crippen LogP contribution in [0.5, 0.6) is 5.75 Å². The number of amides is 1. The van der Waals surface area contributed by atoms with Crippen molar-refractivity contribution >= 4 is 35.2 Å². The zero-order chi connectivity index (χ0) is 17.4. The summed E-state index contributed by atoms with van der Waals surface area (Å²) in [5.74, 6) is 3.02. The molecule has 0 spiro atoms. The molecule has 3 heterocycles. The molecule has 0 saturated carbocycles. The zero-order valence-electron chi connectivity index (χ0n) is 13.5. The summed E-state index contributed by atoms with van der Waals surface area (Å²) in [7, 11) is 0. The highest BCUT2D eigenvalue weighted by Crippen LogP contribution is 2.42. The number of H-pyrrole nitrogens is 1. The lowest BCUT2D eigenvalue weighted by molar-refractivity contribution is -0.113. The van der Waals surface area contributed by atoms with Crippen molar-refractivity contribution in [1.29, 1.82) is 0 Å². The second-order valence-corrected chi connectivity index (χ2v) is 8.57. The van der Waals surface area contributed by atoms with E-state index in [4.69, 9.17) is 0 Å². The summed E-state index contributed by atoms with van der Waals surface area (Å²) in [4.78, 5) is 25.0. The normalized spacial score (nSPS) is 21.4. The molecule has 8 heteroatoms. The molecule has 2 aliphatic heterocycles. The summed E-state index contributed by atoms with van der Waals surface area (Å²) >= 11 is 3.33. The molecule has 0 aliphatic carbocycles. The van der Waals surface area contributed by atoms with Gasteiger partial charge in [-0.1, -0.05) is 12.1 Å². The van der Waals surface area contributed by atoms with E-state index in [0.29, 0.717) is 11.4 Å². The van der Waals surface area contributed by atoms with Gasteiger partial charge in [0.05, 0.1) is 22.6 Å². The van der Waals surface area contributed by atoms with Crippen molar-refractivity contribution in [3.63, 3.8) is 0 Å². The highest BCUT2D eigenvalue weighted by molar-refractivity contribution is 8.00. The molecule has 1 amide bonds. The van der Waals surface area contributed by atoms with Crippen LogP contribution in [0.3, 0.4) is 0 Å². The first-order valence-corrected chi connectivity index (χ1v) is 10.5. The average Bonchev–Trinajstić information content (AvgIpc) is 2.82. The van der Waals surface area contributed by atoms with Gasteiger partial charge in [0.2, 0.25) is 5.91 Å². The van der Waals surface area contributed by atoms with Gasteiger partial charge in [-0.25, -0.2) is 0 Å². The number of benzene rings is 1. The Morgan fingerprint density at radius 3 is 2.76 bits per heavy atom. The van der Waals surface area contributed by atoms with E-state index in [1.807, 2.05) is 22.5 Å². The summed E-state index contributed by atoms with van der Waals surface area (Å²) in [5, 5.41) is 15.4. The van der Waals surface area contributed by atoms with E-state index in [0.717, 1.165) is 29.9 Å². The smallest absolute Gasteiger partial charge is 0.270 e. The number of anilines is 1. The van der Waals surface area contributed by atoms with E-state index >= 15 is 0 Å². The van der Waals surface area contributed by atoms with Crippen molar-refractivity contribution in [3.8, 4) is 5.75 Å². The largest absolute Gasteiger partial charge is 0.508 e. The topological polar surface area (TPSA) is 87.1 Å². The van der Waals surface area contributed by atoms with Crippen LogP contribution in [-0.4, -0.2) is 38.1 Å². The van der Waals surface area contributed by atoms with Gasteiger partial charge in [0.25, 0.3) is 5.56 Å². The number of hydrogen-bond acceptors (Lipinski definition) is 5. The summed E-state index contributed by atoms with van der Waals surface area (Å²) in [6, 6.07) is 7.10. The molecule has 0 bridgehead atoms. The Morgan fingerprint density at radius 2 is 2.00 bits per heavy atom. The number of nitrogens with zero attached hydrogens (tertiary/aromatic N) is 1. The minimum absolute atomic E-state index is 0.105. The predicted octanol–water partition coefficient (Wildman–Crippen LogP) is 2.72. The Balaban J connectivity index is 1.82. The highest BCUT2D eigenvalue weighted by atomic mass is 32.2. The second kappa shape index (κ2) is 6.84. The van der Waals surface area contributed by atoms with E-state index in [9.17, 15) is 14.7 Å². The van der Waals surface area contributed by atoms with Crippen molar-refractivity contribution in [2.75, 3.05) is 22.6 Å². The molecule has 1 saturated heterocycles. The maximum atomic E-state index is 12.7. The number of hydrogen-bond donors (Lipinski definition) is 3. The number of fused-ring (bicyclic) bond motifs is 1. The van der Waals surface area contributed by atoms with Crippen molar-refractivity contribution < 1.29 is 9.90 Å². The molecule has 0 unspecified atom stereocenters. The van der Waals surface area contributed by atoms with Crippen LogP contribution >= 0.6 is 23.5 Å². The maximum Gasteiger partial charge on any atom is 0.270 e. The number of aromatic hydroxyl groups is 1. The molecular formula is C17H19N3O3S2. The molecule has 0 radical (unpaired) electrons. The summed E-state index contributed by atoms with van der Waals surface area (Å²) < 4.78 is 1.86. The molecule has 1 fully saturated rings. The second-order valence-electron chi connectivity index (χ2n) is 6.25. The van der Waals surface area contributed by atoms with Crippen LogP contribution in [0.2, 0.25) is 0 Å². The van der Waals surface area contributed by atoms with E-state index in [1.165, 1.54) is 11.8 Å². The maximum absolute atomic E-state index is 12.7. The molecule has 1 aromatic heterocycles. The molecule has 1 atom stereocenters. The Kier molecular flexibility index (Phi) is 4.56. The number of carbonyl (C=O) groups excluding carboxylic acids is 1. The fraction of sp³-hybridized carbons (Fsp3) is 0.412. The van der Waals surface area contributed by atoms with Crippen molar-refractivity contribution in [2.45, 2.75) is 24.1 Å². The van der Waals surface area contributed by atoms with E-state index in [2.05, 4.69) is 10.4 Å². The van der Waals surface area contributed by atoms with Gasteiger partial charge in [-0.15, -0.1) is 11.8 Å². The number of phenols is 1. The highest BCUT2D eigenvalue weighted by Gasteiger charge is 2.32. The lowest BCUT2D eigenvalue weighted by Crippen LogP contribution is -2.22. The van der Waals surface area contributed by atoms with Gasteiger partial charge in [0, 0.05) is 0 Å². The number of carbonyl (C=O) groups is 1. The van der Waals surface area contributed by atoms with Crippen molar-refractivity contribution in [1.82, 2.24) is 9.78 Å². The van der Waals surface area contributed by atoms with E-state index in [1.54, 1.807) is 18.2 Å². The monoisotopic (exact) mass is 377 g/mol. The van der Waals surface area contributed by atoms with Gasteiger partial charge < -0.3 is 10.4 Å².